The van der Waals surface area contributed by atoms with Gasteiger partial charge in [-0.3, -0.25) is 9.59 Å². The summed E-state index contributed by atoms with van der Waals surface area (Å²) in [7, 11) is 0. The van der Waals surface area contributed by atoms with E-state index < -0.39 is 5.97 Å². The van der Waals surface area contributed by atoms with E-state index in [0.29, 0.717) is 6.42 Å². The molecule has 0 fully saturated rings. The van der Waals surface area contributed by atoms with E-state index in [1.807, 2.05) is 0 Å². The first kappa shape index (κ1) is 36.4. The first-order chi connectivity index (χ1) is 18.6. The molecule has 0 aromatic heterocycles. The van der Waals surface area contributed by atoms with Crippen LogP contribution in [0.4, 0.5) is 0 Å². The Morgan fingerprint density at radius 3 is 1.68 bits per heavy atom. The van der Waals surface area contributed by atoms with Gasteiger partial charge in [-0.15, -0.1) is 0 Å². The van der Waals surface area contributed by atoms with Gasteiger partial charge in [-0.05, 0) is 51.0 Å². The summed E-state index contributed by atoms with van der Waals surface area (Å²) in [6, 6.07) is 0. The molecule has 0 aliphatic rings. The molecule has 0 saturated heterocycles. The van der Waals surface area contributed by atoms with Crippen molar-refractivity contribution < 1.29 is 19.4 Å². The topological polar surface area (TPSA) is 63.6 Å². The highest BCUT2D eigenvalue weighted by Crippen LogP contribution is 2.15. The highest BCUT2D eigenvalue weighted by Gasteiger charge is 2.11. The standard InChI is InChI=1S/C34H62O4/c1-3-5-7-9-11-13-14-15-16-17-19-21-27-31-34(37)38-32(29-25-22-23-26-30-33(35)36)28-24-20-18-12-10-8-6-4-2/h12,18,24,28,32H,3-11,13-17,19-23,25-27,29-31H2,1-2H3,(H,35,36)/b18-12-,28-24-. The lowest BCUT2D eigenvalue weighted by atomic mass is 10.0. The van der Waals surface area contributed by atoms with Crippen LogP contribution in [0.2, 0.25) is 0 Å². The maximum Gasteiger partial charge on any atom is 0.306 e. The van der Waals surface area contributed by atoms with Crippen LogP contribution in [0.25, 0.3) is 0 Å². The molecule has 1 N–H and O–H groups in total. The summed E-state index contributed by atoms with van der Waals surface area (Å²) in [6.07, 6.45) is 36.3. The van der Waals surface area contributed by atoms with Gasteiger partial charge >= 0.3 is 11.9 Å². The van der Waals surface area contributed by atoms with E-state index in [2.05, 4.69) is 38.2 Å². The zero-order chi connectivity index (χ0) is 27.9. The van der Waals surface area contributed by atoms with Crippen LogP contribution in [0, 0.1) is 0 Å². The van der Waals surface area contributed by atoms with Crippen molar-refractivity contribution in [2.24, 2.45) is 0 Å². The average Bonchev–Trinajstić information content (AvgIpc) is 2.89. The molecule has 38 heavy (non-hydrogen) atoms. The summed E-state index contributed by atoms with van der Waals surface area (Å²) in [5, 5.41) is 8.78. The summed E-state index contributed by atoms with van der Waals surface area (Å²) in [5.41, 5.74) is 0. The summed E-state index contributed by atoms with van der Waals surface area (Å²) in [6.45, 7) is 4.49. The number of hydrogen-bond donors (Lipinski definition) is 1. The molecule has 0 aromatic carbocycles. The minimum Gasteiger partial charge on any atom is -0.481 e. The maximum atomic E-state index is 12.5. The minimum atomic E-state index is -0.726. The summed E-state index contributed by atoms with van der Waals surface area (Å²) < 4.78 is 5.82. The monoisotopic (exact) mass is 534 g/mol. The third-order valence-electron chi connectivity index (χ3n) is 7.16. The Kier molecular flexibility index (Phi) is 28.7. The van der Waals surface area contributed by atoms with Gasteiger partial charge in [-0.2, -0.15) is 0 Å². The zero-order valence-electron chi connectivity index (χ0n) is 25.2. The molecule has 0 saturated carbocycles. The van der Waals surface area contributed by atoms with E-state index in [1.165, 1.54) is 89.9 Å². The molecule has 0 spiro atoms. The second-order valence-corrected chi connectivity index (χ2v) is 11.0. The summed E-state index contributed by atoms with van der Waals surface area (Å²) >= 11 is 0. The molecule has 0 bridgehead atoms. The van der Waals surface area contributed by atoms with Crippen molar-refractivity contribution in [3.8, 4) is 0 Å². The quantitative estimate of drug-likeness (QED) is 0.0589. The Hall–Kier alpha value is -1.58. The smallest absolute Gasteiger partial charge is 0.306 e. The van der Waals surface area contributed by atoms with Crippen LogP contribution in [0.15, 0.2) is 24.3 Å². The van der Waals surface area contributed by atoms with Crippen molar-refractivity contribution in [1.29, 1.82) is 0 Å². The third kappa shape index (κ3) is 29.0. The van der Waals surface area contributed by atoms with E-state index in [-0.39, 0.29) is 18.5 Å². The Morgan fingerprint density at radius 2 is 1.11 bits per heavy atom. The molecule has 0 radical (unpaired) electrons. The lowest BCUT2D eigenvalue weighted by Crippen LogP contribution is -2.16. The van der Waals surface area contributed by atoms with Crippen LogP contribution in [-0.2, 0) is 14.3 Å². The molecule has 0 aromatic rings. The number of aliphatic carboxylic acids is 1. The van der Waals surface area contributed by atoms with E-state index in [0.717, 1.165) is 57.8 Å². The van der Waals surface area contributed by atoms with Gasteiger partial charge in [0.2, 0.25) is 0 Å². The fourth-order valence-corrected chi connectivity index (χ4v) is 4.72. The van der Waals surface area contributed by atoms with Crippen LogP contribution in [0.3, 0.4) is 0 Å². The number of carboxylic acids is 1. The average molecular weight is 535 g/mol. The van der Waals surface area contributed by atoms with Gasteiger partial charge in [0.25, 0.3) is 0 Å². The van der Waals surface area contributed by atoms with Gasteiger partial charge in [0.05, 0.1) is 0 Å². The molecule has 4 nitrogen and oxygen atoms in total. The van der Waals surface area contributed by atoms with E-state index >= 15 is 0 Å². The van der Waals surface area contributed by atoms with Crippen molar-refractivity contribution in [1.82, 2.24) is 0 Å². The van der Waals surface area contributed by atoms with E-state index in [9.17, 15) is 9.59 Å². The van der Waals surface area contributed by atoms with Crippen molar-refractivity contribution >= 4 is 11.9 Å². The van der Waals surface area contributed by atoms with Crippen molar-refractivity contribution in [3.63, 3.8) is 0 Å². The number of carbonyl (C=O) groups excluding carboxylic acids is 1. The Morgan fingerprint density at radius 1 is 0.605 bits per heavy atom. The number of allylic oxidation sites excluding steroid dienone is 3. The highest BCUT2D eigenvalue weighted by atomic mass is 16.5. The predicted octanol–water partition coefficient (Wildman–Crippen LogP) is 10.9. The van der Waals surface area contributed by atoms with Crippen molar-refractivity contribution in [2.45, 2.75) is 180 Å². The second-order valence-electron chi connectivity index (χ2n) is 11.0. The molecular formula is C34H62O4. The SMILES string of the molecule is CCCCC/C=C\C/C=C\C(CCCCCCC(=O)O)OC(=O)CCCCCCCCCCCCCCC. The lowest BCUT2D eigenvalue weighted by molar-refractivity contribution is -0.147. The number of carboxylic acid groups (broad SMARTS) is 1. The molecule has 0 rings (SSSR count). The fourth-order valence-electron chi connectivity index (χ4n) is 4.72. The van der Waals surface area contributed by atoms with Crippen LogP contribution in [0.5, 0.6) is 0 Å². The van der Waals surface area contributed by atoms with Gasteiger partial charge in [-0.1, -0.05) is 135 Å². The molecule has 1 atom stereocenters. The number of carbonyl (C=O) groups is 2. The Balaban J connectivity index is 4.07. The fraction of sp³-hybridized carbons (Fsp3) is 0.824. The van der Waals surface area contributed by atoms with Gasteiger partial charge in [-0.25, -0.2) is 0 Å². The molecule has 4 heteroatoms. The highest BCUT2D eigenvalue weighted by molar-refractivity contribution is 5.69. The maximum absolute atomic E-state index is 12.5. The normalized spacial score (nSPS) is 12.5. The summed E-state index contributed by atoms with van der Waals surface area (Å²) in [5.74, 6) is -0.806. The van der Waals surface area contributed by atoms with Crippen LogP contribution >= 0.6 is 0 Å². The largest absolute Gasteiger partial charge is 0.481 e. The van der Waals surface area contributed by atoms with Crippen LogP contribution in [-0.4, -0.2) is 23.1 Å². The lowest BCUT2D eigenvalue weighted by Gasteiger charge is -2.14. The Labute approximate surface area is 236 Å². The van der Waals surface area contributed by atoms with Gasteiger partial charge in [0.15, 0.2) is 0 Å². The first-order valence-electron chi connectivity index (χ1n) is 16.3. The van der Waals surface area contributed by atoms with E-state index in [1.54, 1.807) is 0 Å². The molecule has 0 amide bonds. The predicted molar refractivity (Wildman–Crippen MR) is 163 cm³/mol. The zero-order valence-corrected chi connectivity index (χ0v) is 25.2. The third-order valence-corrected chi connectivity index (χ3v) is 7.16. The van der Waals surface area contributed by atoms with Gasteiger partial charge in [0.1, 0.15) is 6.10 Å². The molecule has 0 heterocycles. The van der Waals surface area contributed by atoms with Gasteiger partial charge in [0, 0.05) is 12.8 Å². The van der Waals surface area contributed by atoms with Crippen molar-refractivity contribution in [2.75, 3.05) is 0 Å². The number of ether oxygens (including phenoxy) is 1. The van der Waals surface area contributed by atoms with Crippen molar-refractivity contribution in [3.05, 3.63) is 24.3 Å². The number of esters is 1. The Bertz CT molecular complexity index is 581. The van der Waals surface area contributed by atoms with Crippen LogP contribution < -0.4 is 0 Å². The summed E-state index contributed by atoms with van der Waals surface area (Å²) in [4.78, 5) is 23.1. The molecule has 1 unspecified atom stereocenters. The first-order valence-corrected chi connectivity index (χ1v) is 16.3. The molecule has 0 aliphatic carbocycles. The molecule has 222 valence electrons. The number of rotatable bonds is 29. The van der Waals surface area contributed by atoms with Gasteiger partial charge < -0.3 is 9.84 Å². The van der Waals surface area contributed by atoms with Crippen LogP contribution in [0.1, 0.15) is 174 Å². The second kappa shape index (κ2) is 30.0. The number of unbranched alkanes of at least 4 members (excludes halogenated alkanes) is 18. The molecule has 0 aliphatic heterocycles. The molecular weight excluding hydrogens is 472 g/mol. The minimum absolute atomic E-state index is 0.0799. The number of hydrogen-bond acceptors (Lipinski definition) is 3. The van der Waals surface area contributed by atoms with E-state index in [4.69, 9.17) is 9.84 Å².